The highest BCUT2D eigenvalue weighted by molar-refractivity contribution is 7.18. The van der Waals surface area contributed by atoms with E-state index < -0.39 is 0 Å². The maximum atomic E-state index is 6.14. The lowest BCUT2D eigenvalue weighted by molar-refractivity contribution is 0.761. The Balaban J connectivity index is 1.95. The Morgan fingerprint density at radius 2 is 2.10 bits per heavy atom. The molecule has 0 bridgehead atoms. The minimum absolute atomic E-state index is 0.322. The Bertz CT molecular complexity index is 828. The van der Waals surface area contributed by atoms with Crippen LogP contribution in [0, 0.1) is 6.92 Å². The van der Waals surface area contributed by atoms with E-state index in [1.807, 2.05) is 0 Å². The molecule has 0 fully saturated rings. The van der Waals surface area contributed by atoms with Crippen LogP contribution in [0.4, 0.5) is 11.5 Å². The Labute approximate surface area is 132 Å². The molecule has 0 radical (unpaired) electrons. The highest BCUT2D eigenvalue weighted by Gasteiger charge is 2.22. The van der Waals surface area contributed by atoms with Gasteiger partial charge in [0.05, 0.1) is 5.39 Å². The van der Waals surface area contributed by atoms with E-state index in [0.717, 1.165) is 35.4 Å². The van der Waals surface area contributed by atoms with E-state index in [9.17, 15) is 0 Å². The number of nitrogens with zero attached hydrogens (tertiary/aromatic N) is 3. The summed E-state index contributed by atoms with van der Waals surface area (Å²) in [4.78, 5) is 13.4. The second-order valence-corrected chi connectivity index (χ2v) is 6.85. The highest BCUT2D eigenvalue weighted by atomic mass is 35.5. The molecular formula is C16H14ClN3S. The molecule has 3 nitrogen and oxygen atoms in total. The lowest BCUT2D eigenvalue weighted by atomic mass is 10.0. The number of rotatable bonds is 1. The summed E-state index contributed by atoms with van der Waals surface area (Å²) >= 11 is 7.80. The lowest BCUT2D eigenvalue weighted by Crippen LogP contribution is -2.25. The summed E-state index contributed by atoms with van der Waals surface area (Å²) in [5.74, 6) is 0.932. The van der Waals surface area contributed by atoms with Gasteiger partial charge >= 0.3 is 0 Å². The molecule has 4 rings (SSSR count). The summed E-state index contributed by atoms with van der Waals surface area (Å²) in [6.07, 6.45) is 2.25. The van der Waals surface area contributed by atoms with Crippen LogP contribution in [0.3, 0.4) is 0 Å². The largest absolute Gasteiger partial charge is 0.325 e. The Morgan fingerprint density at radius 1 is 1.24 bits per heavy atom. The smallest absolute Gasteiger partial charge is 0.225 e. The summed E-state index contributed by atoms with van der Waals surface area (Å²) in [6.45, 7) is 3.06. The number of anilines is 2. The van der Waals surface area contributed by atoms with Crippen molar-refractivity contribution in [2.75, 3.05) is 11.4 Å². The topological polar surface area (TPSA) is 29.0 Å². The normalized spacial score (nSPS) is 14.5. The second-order valence-electron chi connectivity index (χ2n) is 5.28. The van der Waals surface area contributed by atoms with Crippen molar-refractivity contribution in [1.29, 1.82) is 0 Å². The molecule has 0 aliphatic carbocycles. The average Bonchev–Trinajstić information content (AvgIpc) is 2.86. The molecular weight excluding hydrogens is 302 g/mol. The second kappa shape index (κ2) is 4.97. The van der Waals surface area contributed by atoms with E-state index in [1.165, 1.54) is 16.1 Å². The third-order valence-corrected chi connectivity index (χ3v) is 4.95. The Hall–Kier alpha value is -1.65. The quantitative estimate of drug-likeness (QED) is 0.607. The molecule has 3 heterocycles. The molecule has 1 aliphatic rings. The van der Waals surface area contributed by atoms with Crippen molar-refractivity contribution in [3.05, 3.63) is 46.1 Å². The van der Waals surface area contributed by atoms with Gasteiger partial charge in [-0.15, -0.1) is 11.3 Å². The summed E-state index contributed by atoms with van der Waals surface area (Å²) in [5, 5.41) is 1.42. The fraction of sp³-hybridized carbons (Fsp3) is 0.250. The predicted octanol–water partition coefficient (Wildman–Crippen LogP) is 4.74. The molecule has 0 N–H and O–H groups in total. The van der Waals surface area contributed by atoms with Gasteiger partial charge in [0.25, 0.3) is 0 Å². The van der Waals surface area contributed by atoms with E-state index in [-0.39, 0.29) is 0 Å². The number of para-hydroxylation sites is 1. The van der Waals surface area contributed by atoms with Gasteiger partial charge in [0.2, 0.25) is 5.28 Å². The number of hydrogen-bond acceptors (Lipinski definition) is 4. The first-order valence-corrected chi connectivity index (χ1v) is 8.21. The van der Waals surface area contributed by atoms with Crippen LogP contribution in [0.15, 0.2) is 30.3 Å². The first-order valence-electron chi connectivity index (χ1n) is 7.01. The van der Waals surface area contributed by atoms with Gasteiger partial charge in [0.1, 0.15) is 10.6 Å². The van der Waals surface area contributed by atoms with Gasteiger partial charge < -0.3 is 4.90 Å². The van der Waals surface area contributed by atoms with Crippen LogP contribution >= 0.6 is 22.9 Å². The molecule has 0 atom stereocenters. The molecule has 5 heteroatoms. The predicted molar refractivity (Wildman–Crippen MR) is 88.9 cm³/mol. The Kier molecular flexibility index (Phi) is 3.08. The summed E-state index contributed by atoms with van der Waals surface area (Å²) in [7, 11) is 0. The van der Waals surface area contributed by atoms with E-state index in [4.69, 9.17) is 11.6 Å². The molecule has 3 aromatic rings. The Morgan fingerprint density at radius 3 is 3.00 bits per heavy atom. The van der Waals surface area contributed by atoms with Crippen LogP contribution in [0.2, 0.25) is 5.28 Å². The van der Waals surface area contributed by atoms with Crippen LogP contribution in [-0.4, -0.2) is 16.5 Å². The van der Waals surface area contributed by atoms with Gasteiger partial charge in [-0.3, -0.25) is 0 Å². The molecule has 0 amide bonds. The number of benzene rings is 1. The van der Waals surface area contributed by atoms with Gasteiger partial charge in [-0.25, -0.2) is 4.98 Å². The number of hydrogen-bond donors (Lipinski definition) is 0. The monoisotopic (exact) mass is 315 g/mol. The number of fused-ring (bicyclic) bond motifs is 2. The van der Waals surface area contributed by atoms with E-state index in [2.05, 4.69) is 52.1 Å². The van der Waals surface area contributed by atoms with Crippen LogP contribution < -0.4 is 4.90 Å². The van der Waals surface area contributed by atoms with Crippen LogP contribution in [0.5, 0.6) is 0 Å². The minimum Gasteiger partial charge on any atom is -0.325 e. The van der Waals surface area contributed by atoms with Crippen molar-refractivity contribution >= 4 is 44.7 Å². The van der Waals surface area contributed by atoms with Gasteiger partial charge in [-0.05, 0) is 49.1 Å². The van der Waals surface area contributed by atoms with Crippen molar-refractivity contribution in [2.24, 2.45) is 0 Å². The maximum Gasteiger partial charge on any atom is 0.225 e. The number of aryl methyl sites for hydroxylation is 2. The van der Waals surface area contributed by atoms with Crippen LogP contribution in [-0.2, 0) is 6.42 Å². The molecule has 1 aromatic carbocycles. The van der Waals surface area contributed by atoms with Crippen molar-refractivity contribution in [3.63, 3.8) is 0 Å². The van der Waals surface area contributed by atoms with Crippen LogP contribution in [0.1, 0.15) is 16.9 Å². The summed E-state index contributed by atoms with van der Waals surface area (Å²) in [6, 6.07) is 10.7. The van der Waals surface area contributed by atoms with Crippen molar-refractivity contribution in [2.45, 2.75) is 19.8 Å². The van der Waals surface area contributed by atoms with Gasteiger partial charge in [-0.1, -0.05) is 18.2 Å². The molecule has 2 aromatic heterocycles. The van der Waals surface area contributed by atoms with Crippen molar-refractivity contribution in [3.8, 4) is 0 Å². The first-order chi connectivity index (χ1) is 10.2. The van der Waals surface area contributed by atoms with Gasteiger partial charge in [0.15, 0.2) is 0 Å². The standard InChI is InChI=1S/C16H14ClN3S/c1-10-9-12-14(18-16(17)19-15(12)21-10)20-8-4-6-11-5-2-3-7-13(11)20/h2-3,5,7,9H,4,6,8H2,1H3. The zero-order chi connectivity index (χ0) is 14.4. The molecule has 0 unspecified atom stereocenters. The third-order valence-electron chi connectivity index (χ3n) is 3.83. The fourth-order valence-electron chi connectivity index (χ4n) is 2.96. The third kappa shape index (κ3) is 2.19. The zero-order valence-corrected chi connectivity index (χ0v) is 13.2. The first kappa shape index (κ1) is 13.0. The molecule has 0 saturated carbocycles. The minimum atomic E-state index is 0.322. The zero-order valence-electron chi connectivity index (χ0n) is 11.6. The molecule has 0 spiro atoms. The molecule has 106 valence electrons. The number of aromatic nitrogens is 2. The van der Waals surface area contributed by atoms with Crippen molar-refractivity contribution in [1.82, 2.24) is 9.97 Å². The number of halogens is 1. The summed E-state index contributed by atoms with van der Waals surface area (Å²) in [5.41, 5.74) is 2.61. The average molecular weight is 316 g/mol. The SMILES string of the molecule is Cc1cc2c(N3CCCc4ccccc43)nc(Cl)nc2s1. The lowest BCUT2D eigenvalue weighted by Gasteiger charge is -2.30. The number of thiophene rings is 1. The molecule has 21 heavy (non-hydrogen) atoms. The molecule has 1 aliphatic heterocycles. The van der Waals surface area contributed by atoms with Crippen LogP contribution in [0.25, 0.3) is 10.2 Å². The van der Waals surface area contributed by atoms with E-state index in [1.54, 1.807) is 11.3 Å². The van der Waals surface area contributed by atoms with Gasteiger partial charge in [-0.2, -0.15) is 4.98 Å². The fourth-order valence-corrected chi connectivity index (χ4v) is 4.05. The highest BCUT2D eigenvalue weighted by Crippen LogP contribution is 2.38. The van der Waals surface area contributed by atoms with E-state index >= 15 is 0 Å². The molecule has 0 saturated heterocycles. The van der Waals surface area contributed by atoms with Gasteiger partial charge in [0, 0.05) is 17.1 Å². The summed E-state index contributed by atoms with van der Waals surface area (Å²) < 4.78 is 0. The van der Waals surface area contributed by atoms with Crippen molar-refractivity contribution < 1.29 is 0 Å². The van der Waals surface area contributed by atoms with E-state index in [0.29, 0.717) is 5.28 Å². The maximum absolute atomic E-state index is 6.14.